The van der Waals surface area contributed by atoms with E-state index in [2.05, 4.69) is 15.5 Å². The third-order valence-electron chi connectivity index (χ3n) is 4.80. The molecule has 2 amide bonds. The van der Waals surface area contributed by atoms with E-state index in [1.54, 1.807) is 76.8 Å². The number of nitrogens with one attached hydrogen (secondary N) is 1. The number of urea groups is 1. The molecule has 3 aromatic carbocycles. The average Bonchev–Trinajstić information content (AvgIpc) is 3.22. The van der Waals surface area contributed by atoms with Gasteiger partial charge in [0, 0.05) is 38.0 Å². The number of rotatable bonds is 6. The van der Waals surface area contributed by atoms with Crippen LogP contribution in [0.5, 0.6) is 28.7 Å². The van der Waals surface area contributed by atoms with Gasteiger partial charge in [-0.3, -0.25) is 0 Å². The van der Waals surface area contributed by atoms with Crippen LogP contribution in [0.25, 0.3) is 16.7 Å². The lowest BCUT2D eigenvalue weighted by Crippen LogP contribution is -2.27. The Morgan fingerprint density at radius 1 is 0.909 bits per heavy atom. The highest BCUT2D eigenvalue weighted by Crippen LogP contribution is 2.35. The van der Waals surface area contributed by atoms with Crippen molar-refractivity contribution in [3.8, 4) is 34.4 Å². The average molecular weight is 449 g/mol. The lowest BCUT2D eigenvalue weighted by atomic mass is 10.2. The van der Waals surface area contributed by atoms with Gasteiger partial charge in [-0.05, 0) is 36.4 Å². The number of amides is 2. The van der Waals surface area contributed by atoms with Crippen LogP contribution in [-0.4, -0.2) is 59.3 Å². The molecular weight excluding hydrogens is 426 g/mol. The smallest absolute Gasteiger partial charge is 0.321 e. The fourth-order valence-corrected chi connectivity index (χ4v) is 3.06. The number of methoxy groups -OCH3 is 2. The fourth-order valence-electron chi connectivity index (χ4n) is 3.06. The van der Waals surface area contributed by atoms with Gasteiger partial charge in [0.1, 0.15) is 34.0 Å². The normalized spacial score (nSPS) is 10.7. The van der Waals surface area contributed by atoms with E-state index in [9.17, 15) is 9.90 Å². The van der Waals surface area contributed by atoms with Crippen LogP contribution in [0.3, 0.4) is 0 Å². The molecule has 33 heavy (non-hydrogen) atoms. The number of carbonyl (C=O) groups excluding carboxylic acids is 1. The Bertz CT molecular complexity index is 1320. The van der Waals surface area contributed by atoms with E-state index in [-0.39, 0.29) is 11.8 Å². The van der Waals surface area contributed by atoms with Crippen molar-refractivity contribution in [1.29, 1.82) is 0 Å². The van der Waals surface area contributed by atoms with Crippen LogP contribution in [0, 0.1) is 0 Å². The first kappa shape index (κ1) is 21.8. The molecule has 0 fully saturated rings. The number of benzene rings is 3. The Hall–Kier alpha value is -4.47. The summed E-state index contributed by atoms with van der Waals surface area (Å²) in [4.78, 5) is 14.5. The predicted molar refractivity (Wildman–Crippen MR) is 123 cm³/mol. The standard InChI is InChI=1S/C23H23N5O5/c1-27(2)23(30)24-14-5-9-19(20(29)11-14)28-25-17-8-6-16(12-18(17)26-28)33-21-10-7-15(31-3)13-22(21)32-4/h5-13,29H,1-4H3,(H,24,30). The van der Waals surface area contributed by atoms with Crippen molar-refractivity contribution in [2.24, 2.45) is 0 Å². The van der Waals surface area contributed by atoms with Crippen molar-refractivity contribution in [3.05, 3.63) is 54.6 Å². The summed E-state index contributed by atoms with van der Waals surface area (Å²) >= 11 is 0. The quantitative estimate of drug-likeness (QED) is 0.457. The lowest BCUT2D eigenvalue weighted by Gasteiger charge is -2.12. The van der Waals surface area contributed by atoms with Gasteiger partial charge in [-0.15, -0.1) is 15.0 Å². The Kier molecular flexibility index (Phi) is 5.90. The van der Waals surface area contributed by atoms with Crippen LogP contribution in [-0.2, 0) is 0 Å². The molecule has 1 heterocycles. The van der Waals surface area contributed by atoms with Gasteiger partial charge in [0.15, 0.2) is 11.5 Å². The number of carbonyl (C=O) groups is 1. The summed E-state index contributed by atoms with van der Waals surface area (Å²) in [5.74, 6) is 2.18. The van der Waals surface area contributed by atoms with Crippen LogP contribution < -0.4 is 19.5 Å². The Labute approximate surface area is 189 Å². The van der Waals surface area contributed by atoms with Gasteiger partial charge in [-0.1, -0.05) is 0 Å². The summed E-state index contributed by atoms with van der Waals surface area (Å²) in [5, 5.41) is 22.0. The highest BCUT2D eigenvalue weighted by Gasteiger charge is 2.13. The maximum atomic E-state index is 11.8. The minimum absolute atomic E-state index is 0.0775. The second-order valence-corrected chi connectivity index (χ2v) is 7.29. The van der Waals surface area contributed by atoms with Gasteiger partial charge in [0.05, 0.1) is 14.2 Å². The lowest BCUT2D eigenvalue weighted by molar-refractivity contribution is 0.230. The van der Waals surface area contributed by atoms with Gasteiger partial charge in [0.2, 0.25) is 0 Å². The molecule has 0 aliphatic rings. The SMILES string of the molecule is COc1ccc(Oc2ccc3nn(-c4ccc(NC(=O)N(C)C)cc4O)nc3c2)c(OC)c1. The summed E-state index contributed by atoms with van der Waals surface area (Å²) in [6.07, 6.45) is 0. The van der Waals surface area contributed by atoms with E-state index in [0.717, 1.165) is 0 Å². The summed E-state index contributed by atoms with van der Waals surface area (Å²) in [5.41, 5.74) is 2.02. The monoisotopic (exact) mass is 449 g/mol. The van der Waals surface area contributed by atoms with Crippen molar-refractivity contribution >= 4 is 22.8 Å². The van der Waals surface area contributed by atoms with Crippen LogP contribution in [0.2, 0.25) is 0 Å². The first-order valence-electron chi connectivity index (χ1n) is 9.96. The number of fused-ring (bicyclic) bond motifs is 1. The number of ether oxygens (including phenoxy) is 3. The minimum Gasteiger partial charge on any atom is -0.506 e. The number of phenols is 1. The van der Waals surface area contributed by atoms with Crippen LogP contribution >= 0.6 is 0 Å². The minimum atomic E-state index is -0.300. The number of hydrogen-bond acceptors (Lipinski definition) is 7. The second-order valence-electron chi connectivity index (χ2n) is 7.29. The number of phenolic OH excluding ortho intramolecular Hbond substituents is 1. The van der Waals surface area contributed by atoms with Crippen molar-refractivity contribution in [1.82, 2.24) is 19.9 Å². The fraction of sp³-hybridized carbons (Fsp3) is 0.174. The molecule has 1 aromatic heterocycles. The number of hydrogen-bond donors (Lipinski definition) is 2. The van der Waals surface area contributed by atoms with E-state index in [1.807, 2.05) is 0 Å². The number of nitrogens with zero attached hydrogens (tertiary/aromatic N) is 4. The van der Waals surface area contributed by atoms with Crippen LogP contribution in [0.4, 0.5) is 10.5 Å². The number of anilines is 1. The zero-order valence-corrected chi connectivity index (χ0v) is 18.6. The van der Waals surface area contributed by atoms with Gasteiger partial charge in [-0.2, -0.15) is 0 Å². The van der Waals surface area contributed by atoms with Crippen molar-refractivity contribution in [3.63, 3.8) is 0 Å². The van der Waals surface area contributed by atoms with E-state index in [0.29, 0.717) is 45.4 Å². The summed E-state index contributed by atoms with van der Waals surface area (Å²) in [7, 11) is 6.40. The highest BCUT2D eigenvalue weighted by molar-refractivity contribution is 5.89. The Morgan fingerprint density at radius 3 is 2.36 bits per heavy atom. The van der Waals surface area contributed by atoms with E-state index in [1.165, 1.54) is 15.8 Å². The van der Waals surface area contributed by atoms with Crippen molar-refractivity contribution < 1.29 is 24.1 Å². The van der Waals surface area contributed by atoms with Gasteiger partial charge in [0.25, 0.3) is 0 Å². The molecule has 0 radical (unpaired) electrons. The first-order chi connectivity index (χ1) is 15.9. The molecular formula is C23H23N5O5. The van der Waals surface area contributed by atoms with E-state index >= 15 is 0 Å². The molecule has 0 saturated heterocycles. The topological polar surface area (TPSA) is 111 Å². The number of aromatic nitrogens is 3. The molecule has 170 valence electrons. The van der Waals surface area contributed by atoms with Gasteiger partial charge >= 0.3 is 6.03 Å². The molecule has 0 unspecified atom stereocenters. The molecule has 10 heteroatoms. The molecule has 4 aromatic rings. The van der Waals surface area contributed by atoms with Crippen LogP contribution in [0.15, 0.2) is 54.6 Å². The van der Waals surface area contributed by atoms with Gasteiger partial charge < -0.3 is 29.5 Å². The third-order valence-corrected chi connectivity index (χ3v) is 4.80. The summed E-state index contributed by atoms with van der Waals surface area (Å²) in [6.45, 7) is 0. The summed E-state index contributed by atoms with van der Waals surface area (Å²) < 4.78 is 16.6. The first-order valence-corrected chi connectivity index (χ1v) is 9.96. The van der Waals surface area contributed by atoms with Crippen molar-refractivity contribution in [2.45, 2.75) is 0 Å². The second kappa shape index (κ2) is 8.95. The highest BCUT2D eigenvalue weighted by atomic mass is 16.5. The molecule has 2 N–H and O–H groups in total. The molecule has 0 aliphatic heterocycles. The molecule has 0 bridgehead atoms. The maximum absolute atomic E-state index is 11.8. The molecule has 10 nitrogen and oxygen atoms in total. The predicted octanol–water partition coefficient (Wildman–Crippen LogP) is 4.03. The molecule has 0 spiro atoms. The Morgan fingerprint density at radius 2 is 1.67 bits per heavy atom. The largest absolute Gasteiger partial charge is 0.506 e. The van der Waals surface area contributed by atoms with Crippen LogP contribution in [0.1, 0.15) is 0 Å². The summed E-state index contributed by atoms with van der Waals surface area (Å²) in [6, 6.07) is 15.0. The molecule has 0 saturated carbocycles. The van der Waals surface area contributed by atoms with Gasteiger partial charge in [-0.25, -0.2) is 4.79 Å². The van der Waals surface area contributed by atoms with E-state index in [4.69, 9.17) is 14.2 Å². The maximum Gasteiger partial charge on any atom is 0.321 e. The van der Waals surface area contributed by atoms with E-state index < -0.39 is 0 Å². The molecule has 4 rings (SSSR count). The zero-order chi connectivity index (χ0) is 23.5. The Balaban J connectivity index is 1.59. The third kappa shape index (κ3) is 4.59. The zero-order valence-electron chi connectivity index (χ0n) is 18.6. The molecule has 0 atom stereocenters. The molecule has 0 aliphatic carbocycles. The van der Waals surface area contributed by atoms with Crippen molar-refractivity contribution in [2.75, 3.05) is 33.6 Å². The number of aromatic hydroxyl groups is 1.